The van der Waals surface area contributed by atoms with Crippen LogP contribution in [0, 0.1) is 5.92 Å². The van der Waals surface area contributed by atoms with Crippen molar-refractivity contribution in [3.05, 3.63) is 17.5 Å². The second-order valence-electron chi connectivity index (χ2n) is 6.98. The number of methoxy groups -OCH3 is 1. The number of rotatable bonds is 5. The third-order valence-electron chi connectivity index (χ3n) is 3.44. The minimum absolute atomic E-state index is 0.0701. The SMILES string of the molecule is COC(=O)[C@@H](NC(=O)N(C)Cc1cc(C(C)(C)C)on1)C(C)C. The molecule has 1 rings (SSSR count). The molecule has 0 bridgehead atoms. The van der Waals surface area contributed by atoms with Crippen molar-refractivity contribution in [2.45, 2.75) is 52.6 Å². The van der Waals surface area contributed by atoms with Gasteiger partial charge in [0.15, 0.2) is 0 Å². The number of hydrogen-bond acceptors (Lipinski definition) is 5. The summed E-state index contributed by atoms with van der Waals surface area (Å²) >= 11 is 0. The molecule has 0 aliphatic carbocycles. The highest BCUT2D eigenvalue weighted by atomic mass is 16.5. The van der Waals surface area contributed by atoms with Crippen LogP contribution in [-0.4, -0.2) is 42.3 Å². The second-order valence-corrected chi connectivity index (χ2v) is 6.98. The van der Waals surface area contributed by atoms with Gasteiger partial charge in [0.25, 0.3) is 0 Å². The van der Waals surface area contributed by atoms with Crippen molar-refractivity contribution in [3.8, 4) is 0 Å². The van der Waals surface area contributed by atoms with Gasteiger partial charge in [-0.05, 0) is 5.92 Å². The van der Waals surface area contributed by atoms with E-state index in [1.807, 2.05) is 40.7 Å². The van der Waals surface area contributed by atoms with Crippen molar-refractivity contribution in [3.63, 3.8) is 0 Å². The Kier molecular flexibility index (Phi) is 6.18. The number of nitrogens with zero attached hydrogens (tertiary/aromatic N) is 2. The Labute approximate surface area is 137 Å². The minimum Gasteiger partial charge on any atom is -0.467 e. The molecule has 0 unspecified atom stereocenters. The lowest BCUT2D eigenvalue weighted by molar-refractivity contribution is -0.144. The van der Waals surface area contributed by atoms with Gasteiger partial charge in [0.1, 0.15) is 17.5 Å². The molecule has 0 saturated carbocycles. The summed E-state index contributed by atoms with van der Waals surface area (Å²) < 4.78 is 10.0. The summed E-state index contributed by atoms with van der Waals surface area (Å²) in [6, 6.07) is 0.788. The molecule has 0 aliphatic heterocycles. The largest absolute Gasteiger partial charge is 0.467 e. The molecule has 1 atom stereocenters. The van der Waals surface area contributed by atoms with E-state index in [0.717, 1.165) is 5.76 Å². The molecule has 1 aromatic rings. The zero-order valence-electron chi connectivity index (χ0n) is 15.0. The third-order valence-corrected chi connectivity index (χ3v) is 3.44. The number of nitrogens with one attached hydrogen (secondary N) is 1. The highest BCUT2D eigenvalue weighted by Gasteiger charge is 2.27. The lowest BCUT2D eigenvalue weighted by atomic mass is 9.93. The molecule has 0 saturated heterocycles. The van der Waals surface area contributed by atoms with E-state index in [0.29, 0.717) is 5.69 Å². The number of carbonyl (C=O) groups is 2. The van der Waals surface area contributed by atoms with Gasteiger partial charge < -0.3 is 19.5 Å². The molecule has 1 N–H and O–H groups in total. The Morgan fingerprint density at radius 3 is 2.43 bits per heavy atom. The first-order valence-electron chi connectivity index (χ1n) is 7.61. The standard InChI is InChI=1S/C16H27N3O4/c1-10(2)13(14(20)22-7)17-15(21)19(6)9-11-8-12(23-18-11)16(3,4)5/h8,10,13H,9H2,1-7H3,(H,17,21)/t13-/m0/s1. The summed E-state index contributed by atoms with van der Waals surface area (Å²) in [5, 5.41) is 6.66. The summed E-state index contributed by atoms with van der Waals surface area (Å²) in [7, 11) is 2.94. The van der Waals surface area contributed by atoms with Crippen LogP contribution in [-0.2, 0) is 21.5 Å². The maximum absolute atomic E-state index is 12.2. The van der Waals surface area contributed by atoms with Crippen LogP contribution in [0.1, 0.15) is 46.1 Å². The van der Waals surface area contributed by atoms with Crippen LogP contribution >= 0.6 is 0 Å². The molecule has 7 heteroatoms. The Morgan fingerprint density at radius 2 is 2.00 bits per heavy atom. The molecule has 1 aromatic heterocycles. The molecule has 23 heavy (non-hydrogen) atoms. The Balaban J connectivity index is 2.70. The molecule has 7 nitrogen and oxygen atoms in total. The van der Waals surface area contributed by atoms with Gasteiger partial charge in [-0.3, -0.25) is 0 Å². The molecule has 0 aliphatic rings. The van der Waals surface area contributed by atoms with Crippen LogP contribution in [0.5, 0.6) is 0 Å². The van der Waals surface area contributed by atoms with E-state index >= 15 is 0 Å². The Morgan fingerprint density at radius 1 is 1.39 bits per heavy atom. The van der Waals surface area contributed by atoms with Crippen LogP contribution < -0.4 is 5.32 Å². The van der Waals surface area contributed by atoms with Crippen molar-refractivity contribution >= 4 is 12.0 Å². The van der Waals surface area contributed by atoms with E-state index in [1.165, 1.54) is 12.0 Å². The molecule has 0 fully saturated rings. The van der Waals surface area contributed by atoms with Gasteiger partial charge in [0.2, 0.25) is 0 Å². The number of amides is 2. The molecule has 0 radical (unpaired) electrons. The normalized spacial score (nSPS) is 12.9. The predicted octanol–water partition coefficient (Wildman–Crippen LogP) is 2.31. The summed E-state index contributed by atoms with van der Waals surface area (Å²) in [5.41, 5.74) is 0.520. The molecule has 2 amide bonds. The summed E-state index contributed by atoms with van der Waals surface area (Å²) in [6.07, 6.45) is 0. The average molecular weight is 325 g/mol. The van der Waals surface area contributed by atoms with Crippen LogP contribution in [0.15, 0.2) is 10.6 Å². The topological polar surface area (TPSA) is 84.7 Å². The highest BCUT2D eigenvalue weighted by molar-refractivity contribution is 5.83. The zero-order chi connectivity index (χ0) is 17.8. The van der Waals surface area contributed by atoms with Crippen molar-refractivity contribution in [2.75, 3.05) is 14.2 Å². The molecule has 1 heterocycles. The van der Waals surface area contributed by atoms with E-state index in [-0.39, 0.29) is 23.9 Å². The molecular formula is C16H27N3O4. The number of esters is 1. The van der Waals surface area contributed by atoms with Gasteiger partial charge in [-0.2, -0.15) is 0 Å². The number of ether oxygens (including phenoxy) is 1. The van der Waals surface area contributed by atoms with Crippen molar-refractivity contribution in [2.24, 2.45) is 5.92 Å². The zero-order valence-corrected chi connectivity index (χ0v) is 15.0. The lowest BCUT2D eigenvalue weighted by Gasteiger charge is -2.23. The van der Waals surface area contributed by atoms with Gasteiger partial charge in [-0.1, -0.05) is 39.8 Å². The second kappa shape index (κ2) is 7.48. The fourth-order valence-electron chi connectivity index (χ4n) is 1.92. The van der Waals surface area contributed by atoms with Gasteiger partial charge in [-0.15, -0.1) is 0 Å². The van der Waals surface area contributed by atoms with Crippen molar-refractivity contribution in [1.82, 2.24) is 15.4 Å². The maximum atomic E-state index is 12.2. The molecule has 130 valence electrons. The van der Waals surface area contributed by atoms with Gasteiger partial charge >= 0.3 is 12.0 Å². The van der Waals surface area contributed by atoms with E-state index < -0.39 is 12.0 Å². The van der Waals surface area contributed by atoms with E-state index in [9.17, 15) is 9.59 Å². The number of hydrogen-bond donors (Lipinski definition) is 1. The first-order chi connectivity index (χ1) is 10.6. The molecular weight excluding hydrogens is 298 g/mol. The third kappa shape index (κ3) is 5.26. The van der Waals surface area contributed by atoms with Gasteiger partial charge in [0, 0.05) is 18.5 Å². The maximum Gasteiger partial charge on any atom is 0.328 e. The first kappa shape index (κ1) is 19.0. The number of aromatic nitrogens is 1. The van der Waals surface area contributed by atoms with Crippen LogP contribution in [0.3, 0.4) is 0 Å². The quantitative estimate of drug-likeness (QED) is 0.840. The Bertz CT molecular complexity index is 546. The van der Waals surface area contributed by atoms with Crippen molar-refractivity contribution in [1.29, 1.82) is 0 Å². The monoisotopic (exact) mass is 325 g/mol. The van der Waals surface area contributed by atoms with Crippen LogP contribution in [0.4, 0.5) is 4.79 Å². The number of carbonyl (C=O) groups excluding carboxylic acids is 2. The van der Waals surface area contributed by atoms with Crippen molar-refractivity contribution < 1.29 is 18.8 Å². The minimum atomic E-state index is -0.683. The summed E-state index contributed by atoms with van der Waals surface area (Å²) in [6.45, 7) is 10.0. The predicted molar refractivity (Wildman–Crippen MR) is 85.8 cm³/mol. The smallest absolute Gasteiger partial charge is 0.328 e. The molecule has 0 aromatic carbocycles. The molecule has 0 spiro atoms. The van der Waals surface area contributed by atoms with E-state index in [2.05, 4.69) is 10.5 Å². The number of urea groups is 1. The van der Waals surface area contributed by atoms with Gasteiger partial charge in [-0.25, -0.2) is 9.59 Å². The van der Waals surface area contributed by atoms with Crippen LogP contribution in [0.2, 0.25) is 0 Å². The average Bonchev–Trinajstić information content (AvgIpc) is 2.91. The Hall–Kier alpha value is -2.05. The van der Waals surface area contributed by atoms with Crippen LogP contribution in [0.25, 0.3) is 0 Å². The fraction of sp³-hybridized carbons (Fsp3) is 0.688. The summed E-state index contributed by atoms with van der Waals surface area (Å²) in [4.78, 5) is 25.4. The fourth-order valence-corrected chi connectivity index (χ4v) is 1.92. The first-order valence-corrected chi connectivity index (χ1v) is 7.61. The summed E-state index contributed by atoms with van der Waals surface area (Å²) in [5.74, 6) is 0.230. The van der Waals surface area contributed by atoms with E-state index in [4.69, 9.17) is 9.26 Å². The van der Waals surface area contributed by atoms with Gasteiger partial charge in [0.05, 0.1) is 13.7 Å². The highest BCUT2D eigenvalue weighted by Crippen LogP contribution is 2.23. The lowest BCUT2D eigenvalue weighted by Crippen LogP contribution is -2.49. The van der Waals surface area contributed by atoms with E-state index in [1.54, 1.807) is 7.05 Å².